The topological polar surface area (TPSA) is 12.9 Å². The largest absolute Gasteiger partial charge is 0.261 e. The molecule has 2 rings (SSSR count). The van der Waals surface area contributed by atoms with Gasteiger partial charge < -0.3 is 0 Å². The minimum atomic E-state index is 0.677. The average Bonchev–Trinajstić information content (AvgIpc) is 2.87. The normalized spacial score (nSPS) is 19.7. The Kier molecular flexibility index (Phi) is 1.65. The third-order valence-electron chi connectivity index (χ3n) is 2.48. The van der Waals surface area contributed by atoms with Crippen molar-refractivity contribution in [1.29, 1.82) is 0 Å². The van der Waals surface area contributed by atoms with Crippen molar-refractivity contribution in [3.63, 3.8) is 0 Å². The Bertz CT molecular complexity index is 226. The molecule has 0 bridgehead atoms. The molecule has 11 heavy (non-hydrogen) atoms. The van der Waals surface area contributed by atoms with Gasteiger partial charge in [-0.25, -0.2) is 0 Å². The van der Waals surface area contributed by atoms with Gasteiger partial charge >= 0.3 is 0 Å². The molecule has 0 spiro atoms. The van der Waals surface area contributed by atoms with Gasteiger partial charge in [-0.2, -0.15) is 0 Å². The SMILES string of the molecule is CC(c1ccccn1)C1CC1. The van der Waals surface area contributed by atoms with Crippen molar-refractivity contribution in [3.8, 4) is 0 Å². The first-order valence-electron chi connectivity index (χ1n) is 4.29. The van der Waals surface area contributed by atoms with Crippen LogP contribution < -0.4 is 0 Å². The van der Waals surface area contributed by atoms with Crippen LogP contribution in [0.15, 0.2) is 24.4 Å². The maximum Gasteiger partial charge on any atom is 0.0434 e. The van der Waals surface area contributed by atoms with Crippen LogP contribution in [0.2, 0.25) is 0 Å². The van der Waals surface area contributed by atoms with Gasteiger partial charge in [-0.15, -0.1) is 0 Å². The summed E-state index contributed by atoms with van der Waals surface area (Å²) in [6.45, 7) is 2.28. The predicted molar refractivity (Wildman–Crippen MR) is 45.4 cm³/mol. The zero-order chi connectivity index (χ0) is 7.68. The number of hydrogen-bond donors (Lipinski definition) is 0. The summed E-state index contributed by atoms with van der Waals surface area (Å²) in [4.78, 5) is 4.34. The molecular weight excluding hydrogens is 134 g/mol. The molecule has 1 nitrogen and oxygen atoms in total. The lowest BCUT2D eigenvalue weighted by Gasteiger charge is -2.07. The lowest BCUT2D eigenvalue weighted by atomic mass is 10.0. The molecule has 58 valence electrons. The van der Waals surface area contributed by atoms with Gasteiger partial charge in [0.2, 0.25) is 0 Å². The third kappa shape index (κ3) is 1.42. The second kappa shape index (κ2) is 2.65. The van der Waals surface area contributed by atoms with E-state index in [0.717, 1.165) is 5.92 Å². The van der Waals surface area contributed by atoms with Crippen LogP contribution in [-0.2, 0) is 0 Å². The van der Waals surface area contributed by atoms with Gasteiger partial charge in [-0.3, -0.25) is 4.98 Å². The van der Waals surface area contributed by atoms with E-state index in [2.05, 4.69) is 24.0 Å². The molecule has 1 fully saturated rings. The Morgan fingerprint density at radius 2 is 2.27 bits per heavy atom. The van der Waals surface area contributed by atoms with E-state index in [9.17, 15) is 0 Å². The highest BCUT2D eigenvalue weighted by molar-refractivity contribution is 5.11. The van der Waals surface area contributed by atoms with Crippen LogP contribution >= 0.6 is 0 Å². The Balaban J connectivity index is 2.15. The van der Waals surface area contributed by atoms with Crippen molar-refractivity contribution >= 4 is 0 Å². The Labute approximate surface area is 67.5 Å². The molecule has 0 aliphatic heterocycles. The summed E-state index contributed by atoms with van der Waals surface area (Å²) < 4.78 is 0. The van der Waals surface area contributed by atoms with Crippen LogP contribution in [0.4, 0.5) is 0 Å². The minimum absolute atomic E-state index is 0.677. The van der Waals surface area contributed by atoms with E-state index in [-0.39, 0.29) is 0 Å². The Hall–Kier alpha value is -0.850. The van der Waals surface area contributed by atoms with Crippen molar-refractivity contribution in [3.05, 3.63) is 30.1 Å². The van der Waals surface area contributed by atoms with E-state index in [1.54, 1.807) is 0 Å². The van der Waals surface area contributed by atoms with E-state index in [1.807, 2.05) is 12.3 Å². The highest BCUT2D eigenvalue weighted by Gasteiger charge is 2.29. The van der Waals surface area contributed by atoms with Crippen LogP contribution in [0.25, 0.3) is 0 Å². The third-order valence-corrected chi connectivity index (χ3v) is 2.48. The second-order valence-electron chi connectivity index (χ2n) is 3.38. The molecule has 0 saturated heterocycles. The van der Waals surface area contributed by atoms with Gasteiger partial charge in [0.05, 0.1) is 0 Å². The lowest BCUT2D eigenvalue weighted by Crippen LogP contribution is -1.97. The van der Waals surface area contributed by atoms with Crippen LogP contribution in [-0.4, -0.2) is 4.98 Å². The molecule has 1 heterocycles. The maximum atomic E-state index is 4.34. The highest BCUT2D eigenvalue weighted by atomic mass is 14.7. The second-order valence-corrected chi connectivity index (χ2v) is 3.38. The number of rotatable bonds is 2. The van der Waals surface area contributed by atoms with Crippen LogP contribution in [0.1, 0.15) is 31.4 Å². The first kappa shape index (κ1) is 6.84. The van der Waals surface area contributed by atoms with Crippen LogP contribution in [0.5, 0.6) is 0 Å². The fourth-order valence-electron chi connectivity index (χ4n) is 1.48. The number of pyridine rings is 1. The Morgan fingerprint density at radius 3 is 2.82 bits per heavy atom. The summed E-state index contributed by atoms with van der Waals surface area (Å²) in [5, 5.41) is 0. The molecular formula is C10H13N. The maximum absolute atomic E-state index is 4.34. The van der Waals surface area contributed by atoms with Crippen molar-refractivity contribution in [2.45, 2.75) is 25.7 Å². The molecule has 1 aromatic heterocycles. The molecule has 0 amide bonds. The molecule has 1 aliphatic rings. The van der Waals surface area contributed by atoms with Gasteiger partial charge in [0.25, 0.3) is 0 Å². The first-order chi connectivity index (χ1) is 5.38. The van der Waals surface area contributed by atoms with Gasteiger partial charge in [0.1, 0.15) is 0 Å². The van der Waals surface area contributed by atoms with Gasteiger partial charge in [0, 0.05) is 17.8 Å². The van der Waals surface area contributed by atoms with Crippen LogP contribution in [0, 0.1) is 5.92 Å². The fourth-order valence-corrected chi connectivity index (χ4v) is 1.48. The molecule has 1 atom stereocenters. The molecule has 0 N–H and O–H groups in total. The summed E-state index contributed by atoms with van der Waals surface area (Å²) in [5.74, 6) is 1.60. The molecule has 0 aromatic carbocycles. The number of hydrogen-bond acceptors (Lipinski definition) is 1. The van der Waals surface area contributed by atoms with Crippen molar-refractivity contribution in [2.24, 2.45) is 5.92 Å². The first-order valence-corrected chi connectivity index (χ1v) is 4.29. The molecule has 1 unspecified atom stereocenters. The van der Waals surface area contributed by atoms with E-state index in [1.165, 1.54) is 18.5 Å². The van der Waals surface area contributed by atoms with E-state index < -0.39 is 0 Å². The minimum Gasteiger partial charge on any atom is -0.261 e. The van der Waals surface area contributed by atoms with E-state index >= 15 is 0 Å². The number of nitrogens with zero attached hydrogens (tertiary/aromatic N) is 1. The predicted octanol–water partition coefficient (Wildman–Crippen LogP) is 2.60. The zero-order valence-electron chi connectivity index (χ0n) is 6.83. The molecule has 1 aromatic rings. The Morgan fingerprint density at radius 1 is 1.45 bits per heavy atom. The fraction of sp³-hybridized carbons (Fsp3) is 0.500. The van der Waals surface area contributed by atoms with Crippen molar-refractivity contribution in [1.82, 2.24) is 4.98 Å². The van der Waals surface area contributed by atoms with E-state index in [0.29, 0.717) is 5.92 Å². The summed E-state index contributed by atoms with van der Waals surface area (Å²) in [7, 11) is 0. The summed E-state index contributed by atoms with van der Waals surface area (Å²) in [6, 6.07) is 6.17. The lowest BCUT2D eigenvalue weighted by molar-refractivity contribution is 0.644. The standard InChI is InChI=1S/C10H13N/c1-8(9-5-6-9)10-4-2-3-7-11-10/h2-4,7-9H,5-6H2,1H3. The van der Waals surface area contributed by atoms with Gasteiger partial charge in [-0.1, -0.05) is 13.0 Å². The van der Waals surface area contributed by atoms with Crippen molar-refractivity contribution in [2.75, 3.05) is 0 Å². The quantitative estimate of drug-likeness (QED) is 0.626. The zero-order valence-corrected chi connectivity index (χ0v) is 6.83. The van der Waals surface area contributed by atoms with E-state index in [4.69, 9.17) is 0 Å². The molecule has 0 radical (unpaired) electrons. The van der Waals surface area contributed by atoms with Gasteiger partial charge in [-0.05, 0) is 30.9 Å². The smallest absolute Gasteiger partial charge is 0.0434 e. The van der Waals surface area contributed by atoms with Crippen molar-refractivity contribution < 1.29 is 0 Å². The average molecular weight is 147 g/mol. The molecule has 1 heteroatoms. The summed E-state index contributed by atoms with van der Waals surface area (Å²) in [6.07, 6.45) is 4.68. The monoisotopic (exact) mass is 147 g/mol. The number of aromatic nitrogens is 1. The van der Waals surface area contributed by atoms with Gasteiger partial charge in [0.15, 0.2) is 0 Å². The molecule has 1 saturated carbocycles. The summed E-state index contributed by atoms with van der Waals surface area (Å²) >= 11 is 0. The highest BCUT2D eigenvalue weighted by Crippen LogP contribution is 2.41. The summed E-state index contributed by atoms with van der Waals surface area (Å²) in [5.41, 5.74) is 1.26. The van der Waals surface area contributed by atoms with Crippen LogP contribution in [0.3, 0.4) is 0 Å². The molecule has 1 aliphatic carbocycles.